The van der Waals surface area contributed by atoms with Gasteiger partial charge >= 0.3 is 0 Å². The number of ether oxygens (including phenoxy) is 1. The number of rotatable bonds is 4. The molecule has 0 unspecified atom stereocenters. The number of nitrogens with zero attached hydrogens (tertiary/aromatic N) is 4. The van der Waals surface area contributed by atoms with Crippen molar-refractivity contribution in [3.05, 3.63) is 45.9 Å². The molecular weight excluding hydrogens is 310 g/mol. The minimum absolute atomic E-state index is 0.176. The highest BCUT2D eigenvalue weighted by Crippen LogP contribution is 2.20. The van der Waals surface area contributed by atoms with E-state index >= 15 is 0 Å². The molecule has 3 heterocycles. The Morgan fingerprint density at radius 2 is 2.33 bits per heavy atom. The average molecular weight is 331 g/mol. The first kappa shape index (κ1) is 16.4. The molecule has 2 aromatic rings. The number of H-pyrrole nitrogens is 1. The molecular formula is C16H21N5O3. The van der Waals surface area contributed by atoms with Crippen LogP contribution in [0.25, 0.3) is 0 Å². The first-order chi connectivity index (χ1) is 11.6. The second kappa shape index (κ2) is 6.96. The van der Waals surface area contributed by atoms with Crippen LogP contribution < -0.4 is 5.56 Å². The zero-order chi connectivity index (χ0) is 17.1. The number of hydrogen-bond acceptors (Lipinski definition) is 5. The van der Waals surface area contributed by atoms with Gasteiger partial charge in [0.2, 0.25) is 0 Å². The summed E-state index contributed by atoms with van der Waals surface area (Å²) in [4.78, 5) is 30.5. The first-order valence-electron chi connectivity index (χ1n) is 8.07. The van der Waals surface area contributed by atoms with Gasteiger partial charge in [0.1, 0.15) is 11.9 Å². The van der Waals surface area contributed by atoms with Gasteiger partial charge < -0.3 is 14.2 Å². The second-order valence-electron chi connectivity index (χ2n) is 5.87. The Kier molecular flexibility index (Phi) is 4.75. The molecule has 24 heavy (non-hydrogen) atoms. The van der Waals surface area contributed by atoms with Gasteiger partial charge in [0.25, 0.3) is 11.5 Å². The summed E-state index contributed by atoms with van der Waals surface area (Å²) in [5.41, 5.74) is 0.184. The van der Waals surface area contributed by atoms with E-state index in [9.17, 15) is 9.59 Å². The molecule has 1 atom stereocenters. The molecule has 0 spiro atoms. The van der Waals surface area contributed by atoms with E-state index in [1.807, 2.05) is 0 Å². The van der Waals surface area contributed by atoms with E-state index in [2.05, 4.69) is 22.1 Å². The number of amides is 1. The lowest BCUT2D eigenvalue weighted by molar-refractivity contribution is -0.0266. The van der Waals surface area contributed by atoms with Crippen molar-refractivity contribution in [3.63, 3.8) is 0 Å². The van der Waals surface area contributed by atoms with Crippen molar-refractivity contribution in [3.8, 4) is 0 Å². The SMILES string of the molecule is CCCc1nc([C@@H]2CN(C(=O)c3ccn(C)c(=O)c3)CCO2)n[nH]1. The summed E-state index contributed by atoms with van der Waals surface area (Å²) in [5, 5.41) is 7.10. The topological polar surface area (TPSA) is 93.1 Å². The van der Waals surface area contributed by atoms with Gasteiger partial charge in [0.05, 0.1) is 13.2 Å². The van der Waals surface area contributed by atoms with Crippen LogP contribution in [0.1, 0.15) is 41.5 Å². The fourth-order valence-electron chi connectivity index (χ4n) is 2.66. The third-order valence-electron chi connectivity index (χ3n) is 4.03. The molecule has 1 aliphatic heterocycles. The Balaban J connectivity index is 1.73. The Morgan fingerprint density at radius 1 is 1.50 bits per heavy atom. The first-order valence-corrected chi connectivity index (χ1v) is 8.07. The molecule has 1 aliphatic rings. The van der Waals surface area contributed by atoms with E-state index in [4.69, 9.17) is 4.74 Å². The number of hydrogen-bond donors (Lipinski definition) is 1. The van der Waals surface area contributed by atoms with Crippen molar-refractivity contribution in [1.82, 2.24) is 24.6 Å². The zero-order valence-electron chi connectivity index (χ0n) is 13.9. The van der Waals surface area contributed by atoms with Gasteiger partial charge in [-0.25, -0.2) is 4.98 Å². The molecule has 0 bridgehead atoms. The number of pyridine rings is 1. The van der Waals surface area contributed by atoms with Crippen LogP contribution in [0.2, 0.25) is 0 Å². The molecule has 1 N–H and O–H groups in total. The maximum Gasteiger partial charge on any atom is 0.254 e. The highest BCUT2D eigenvalue weighted by atomic mass is 16.5. The molecule has 8 nitrogen and oxygen atoms in total. The van der Waals surface area contributed by atoms with E-state index in [1.165, 1.54) is 10.6 Å². The van der Waals surface area contributed by atoms with Gasteiger partial charge in [-0.1, -0.05) is 6.92 Å². The van der Waals surface area contributed by atoms with Gasteiger partial charge in [0.15, 0.2) is 5.82 Å². The van der Waals surface area contributed by atoms with E-state index in [1.54, 1.807) is 24.2 Å². The van der Waals surface area contributed by atoms with Crippen molar-refractivity contribution in [2.24, 2.45) is 7.05 Å². The van der Waals surface area contributed by atoms with Crippen molar-refractivity contribution in [2.45, 2.75) is 25.9 Å². The van der Waals surface area contributed by atoms with Gasteiger partial charge in [-0.2, -0.15) is 5.10 Å². The average Bonchev–Trinajstić information content (AvgIpc) is 3.06. The summed E-state index contributed by atoms with van der Waals surface area (Å²) in [5.74, 6) is 1.22. The summed E-state index contributed by atoms with van der Waals surface area (Å²) in [6.45, 7) is 3.34. The van der Waals surface area contributed by atoms with Gasteiger partial charge in [-0.3, -0.25) is 14.7 Å². The fourth-order valence-corrected chi connectivity index (χ4v) is 2.66. The van der Waals surface area contributed by atoms with E-state index in [0.29, 0.717) is 31.1 Å². The molecule has 128 valence electrons. The summed E-state index contributed by atoms with van der Waals surface area (Å²) >= 11 is 0. The summed E-state index contributed by atoms with van der Waals surface area (Å²) in [7, 11) is 1.65. The summed E-state index contributed by atoms with van der Waals surface area (Å²) < 4.78 is 7.14. The number of aromatic amines is 1. The number of nitrogens with one attached hydrogen (secondary N) is 1. The zero-order valence-corrected chi connectivity index (χ0v) is 13.9. The van der Waals surface area contributed by atoms with Crippen molar-refractivity contribution >= 4 is 5.91 Å². The molecule has 0 aliphatic carbocycles. The van der Waals surface area contributed by atoms with Crippen LogP contribution in [0.3, 0.4) is 0 Å². The molecule has 2 aromatic heterocycles. The molecule has 0 aromatic carbocycles. The molecule has 1 fully saturated rings. The number of morpholine rings is 1. The fraction of sp³-hybridized carbons (Fsp3) is 0.500. The molecule has 3 rings (SSSR count). The predicted octanol–water partition coefficient (Wildman–Crippen LogP) is 0.670. The van der Waals surface area contributed by atoms with Crippen molar-refractivity contribution < 1.29 is 9.53 Å². The van der Waals surface area contributed by atoms with Crippen LogP contribution in [0.4, 0.5) is 0 Å². The minimum Gasteiger partial charge on any atom is -0.366 e. The predicted molar refractivity (Wildman–Crippen MR) is 86.7 cm³/mol. The van der Waals surface area contributed by atoms with E-state index in [-0.39, 0.29) is 17.6 Å². The van der Waals surface area contributed by atoms with Crippen molar-refractivity contribution in [2.75, 3.05) is 19.7 Å². The third kappa shape index (κ3) is 3.38. The minimum atomic E-state index is -0.351. The largest absolute Gasteiger partial charge is 0.366 e. The normalized spacial score (nSPS) is 17.9. The van der Waals surface area contributed by atoms with Gasteiger partial charge in [-0.15, -0.1) is 0 Å². The van der Waals surface area contributed by atoms with Crippen LogP contribution in [0.5, 0.6) is 0 Å². The van der Waals surface area contributed by atoms with Crippen LogP contribution in [0, 0.1) is 0 Å². The molecule has 8 heteroatoms. The van der Waals surface area contributed by atoms with E-state index < -0.39 is 0 Å². The number of carbonyl (C=O) groups excluding carboxylic acids is 1. The van der Waals surface area contributed by atoms with Crippen LogP contribution in [-0.4, -0.2) is 50.3 Å². The highest BCUT2D eigenvalue weighted by molar-refractivity contribution is 5.94. The van der Waals surface area contributed by atoms with Gasteiger partial charge in [-0.05, 0) is 12.5 Å². The van der Waals surface area contributed by atoms with Crippen molar-refractivity contribution in [1.29, 1.82) is 0 Å². The standard InChI is InChI=1S/C16H21N5O3/c1-3-4-13-17-15(19-18-13)12-10-21(7-8-24-12)16(23)11-5-6-20(2)14(22)9-11/h5-6,9,12H,3-4,7-8,10H2,1-2H3,(H,17,18,19)/t12-/m0/s1. The third-order valence-corrected chi connectivity index (χ3v) is 4.03. The lowest BCUT2D eigenvalue weighted by Crippen LogP contribution is -2.42. The Bertz CT molecular complexity index is 782. The Morgan fingerprint density at radius 3 is 3.08 bits per heavy atom. The van der Waals surface area contributed by atoms with E-state index in [0.717, 1.165) is 18.7 Å². The smallest absolute Gasteiger partial charge is 0.254 e. The van der Waals surface area contributed by atoms with Crippen LogP contribution in [0.15, 0.2) is 23.1 Å². The van der Waals surface area contributed by atoms with Crippen LogP contribution in [-0.2, 0) is 18.2 Å². The monoisotopic (exact) mass is 331 g/mol. The lowest BCUT2D eigenvalue weighted by atomic mass is 10.2. The Hall–Kier alpha value is -2.48. The Labute approximate surface area is 139 Å². The quantitative estimate of drug-likeness (QED) is 0.889. The highest BCUT2D eigenvalue weighted by Gasteiger charge is 2.28. The number of carbonyl (C=O) groups is 1. The number of aryl methyl sites for hydroxylation is 2. The van der Waals surface area contributed by atoms with Gasteiger partial charge in [0, 0.05) is 37.8 Å². The maximum atomic E-state index is 12.6. The molecule has 0 radical (unpaired) electrons. The summed E-state index contributed by atoms with van der Waals surface area (Å²) in [6, 6.07) is 3.01. The molecule has 1 amide bonds. The van der Waals surface area contributed by atoms with Crippen LogP contribution >= 0.6 is 0 Å². The lowest BCUT2D eigenvalue weighted by Gasteiger charge is -2.31. The molecule has 0 saturated carbocycles. The number of aromatic nitrogens is 4. The maximum absolute atomic E-state index is 12.6. The second-order valence-corrected chi connectivity index (χ2v) is 5.87. The molecule has 1 saturated heterocycles. The summed E-state index contributed by atoms with van der Waals surface area (Å²) in [6.07, 6.45) is 3.06.